The molecule has 1 aliphatic carbocycles. The summed E-state index contributed by atoms with van der Waals surface area (Å²) in [4.78, 5) is 14.7. The van der Waals surface area contributed by atoms with E-state index in [1.54, 1.807) is 0 Å². The maximum Gasteiger partial charge on any atom is 0.233 e. The summed E-state index contributed by atoms with van der Waals surface area (Å²) in [5, 5.41) is 9.46. The first-order valence-corrected chi connectivity index (χ1v) is 10.1. The lowest BCUT2D eigenvalue weighted by atomic mass is 10.2. The number of carbonyl (C=O) groups is 1. The Morgan fingerprint density at radius 1 is 1.35 bits per heavy atom. The van der Waals surface area contributed by atoms with Crippen LogP contribution in [0.25, 0.3) is 0 Å². The highest BCUT2D eigenvalue weighted by Crippen LogP contribution is 2.40. The molecule has 1 saturated carbocycles. The molecule has 1 aromatic carbocycles. The summed E-state index contributed by atoms with van der Waals surface area (Å²) in [6.07, 6.45) is 4.21. The molecule has 5 nitrogen and oxygen atoms in total. The second-order valence-electron chi connectivity index (χ2n) is 6.90. The molecule has 0 atom stereocenters. The summed E-state index contributed by atoms with van der Waals surface area (Å²) in [7, 11) is 0. The lowest BCUT2D eigenvalue weighted by Gasteiger charge is -2.26. The van der Waals surface area contributed by atoms with Crippen LogP contribution in [0.3, 0.4) is 0 Å². The maximum atomic E-state index is 12.8. The first-order chi connectivity index (χ1) is 12.6. The monoisotopic (exact) mass is 370 g/mol. The van der Waals surface area contributed by atoms with Gasteiger partial charge in [-0.3, -0.25) is 4.79 Å². The molecule has 3 rings (SSSR count). The highest BCUT2D eigenvalue weighted by molar-refractivity contribution is 7.99. The van der Waals surface area contributed by atoms with Gasteiger partial charge in [0.25, 0.3) is 0 Å². The zero-order chi connectivity index (χ0) is 18.5. The van der Waals surface area contributed by atoms with E-state index in [1.807, 2.05) is 29.2 Å². The number of aromatic nitrogens is 3. The number of nitrogens with zero attached hydrogens (tertiary/aromatic N) is 4. The van der Waals surface area contributed by atoms with Gasteiger partial charge in [-0.25, -0.2) is 0 Å². The Morgan fingerprint density at radius 3 is 2.69 bits per heavy atom. The van der Waals surface area contributed by atoms with E-state index >= 15 is 0 Å². The number of hydrogen-bond donors (Lipinski definition) is 0. The van der Waals surface area contributed by atoms with E-state index < -0.39 is 0 Å². The number of allylic oxidation sites excluding steroid dienone is 1. The largest absolute Gasteiger partial charge is 0.335 e. The molecular weight excluding hydrogens is 344 g/mol. The Bertz CT molecular complexity index is 752. The van der Waals surface area contributed by atoms with Gasteiger partial charge in [0.2, 0.25) is 5.91 Å². The predicted octanol–water partition coefficient (Wildman–Crippen LogP) is 3.87. The van der Waals surface area contributed by atoms with E-state index in [0.717, 1.165) is 16.5 Å². The molecular formula is C20H26N4OS. The first kappa shape index (κ1) is 18.7. The van der Waals surface area contributed by atoms with E-state index in [0.29, 0.717) is 24.8 Å². The second kappa shape index (κ2) is 8.54. The molecule has 1 heterocycles. The molecule has 0 aliphatic heterocycles. The molecule has 6 heteroatoms. The van der Waals surface area contributed by atoms with Crippen molar-refractivity contribution < 1.29 is 4.79 Å². The number of thioether (sulfide) groups is 1. The van der Waals surface area contributed by atoms with E-state index in [1.165, 1.54) is 24.6 Å². The van der Waals surface area contributed by atoms with Crippen molar-refractivity contribution >= 4 is 17.7 Å². The molecule has 0 spiro atoms. The molecule has 0 unspecified atom stereocenters. The van der Waals surface area contributed by atoms with Crippen LogP contribution >= 0.6 is 11.8 Å². The topological polar surface area (TPSA) is 51.0 Å². The van der Waals surface area contributed by atoms with Gasteiger partial charge in [0.1, 0.15) is 5.82 Å². The third kappa shape index (κ3) is 4.55. The van der Waals surface area contributed by atoms with Gasteiger partial charge < -0.3 is 9.47 Å². The van der Waals surface area contributed by atoms with Gasteiger partial charge in [0, 0.05) is 25.0 Å². The van der Waals surface area contributed by atoms with Crippen LogP contribution in [0.5, 0.6) is 0 Å². The summed E-state index contributed by atoms with van der Waals surface area (Å²) in [6.45, 7) is 9.25. The van der Waals surface area contributed by atoms with Crippen molar-refractivity contribution in [2.75, 3.05) is 5.75 Å². The highest BCUT2D eigenvalue weighted by atomic mass is 32.2. The molecule has 1 aromatic heterocycles. The van der Waals surface area contributed by atoms with Crippen LogP contribution in [0, 0.1) is 0 Å². The summed E-state index contributed by atoms with van der Waals surface area (Å²) >= 11 is 1.47. The quantitative estimate of drug-likeness (QED) is 0.497. The predicted molar refractivity (Wildman–Crippen MR) is 105 cm³/mol. The van der Waals surface area contributed by atoms with Crippen LogP contribution in [0.2, 0.25) is 0 Å². The Morgan fingerprint density at radius 2 is 2.08 bits per heavy atom. The van der Waals surface area contributed by atoms with Gasteiger partial charge in [-0.2, -0.15) is 0 Å². The van der Waals surface area contributed by atoms with Crippen molar-refractivity contribution in [2.45, 2.75) is 56.9 Å². The van der Waals surface area contributed by atoms with Crippen molar-refractivity contribution in [3.8, 4) is 0 Å². The molecule has 1 fully saturated rings. The van der Waals surface area contributed by atoms with Crippen molar-refractivity contribution in [1.29, 1.82) is 0 Å². The average Bonchev–Trinajstić information content (AvgIpc) is 3.40. The van der Waals surface area contributed by atoms with E-state index in [4.69, 9.17) is 0 Å². The minimum absolute atomic E-state index is 0.120. The summed E-state index contributed by atoms with van der Waals surface area (Å²) in [6, 6.07) is 10.3. The maximum absolute atomic E-state index is 12.8. The number of hydrogen-bond acceptors (Lipinski definition) is 4. The fourth-order valence-corrected chi connectivity index (χ4v) is 3.74. The van der Waals surface area contributed by atoms with Crippen molar-refractivity contribution in [3.05, 3.63) is 54.4 Å². The summed E-state index contributed by atoms with van der Waals surface area (Å²) < 4.78 is 2.10. The van der Waals surface area contributed by atoms with Crippen LogP contribution in [0.1, 0.15) is 44.0 Å². The van der Waals surface area contributed by atoms with Crippen LogP contribution in [0.15, 0.2) is 48.1 Å². The van der Waals surface area contributed by atoms with Crippen molar-refractivity contribution in [3.63, 3.8) is 0 Å². The zero-order valence-corrected chi connectivity index (χ0v) is 16.3. The lowest BCUT2D eigenvalue weighted by molar-refractivity contribution is -0.130. The second-order valence-corrected chi connectivity index (χ2v) is 7.85. The molecule has 0 N–H and O–H groups in total. The van der Waals surface area contributed by atoms with E-state index in [-0.39, 0.29) is 11.9 Å². The smallest absolute Gasteiger partial charge is 0.233 e. The zero-order valence-electron chi connectivity index (χ0n) is 15.5. The van der Waals surface area contributed by atoms with Gasteiger partial charge in [-0.05, 0) is 32.3 Å². The van der Waals surface area contributed by atoms with Gasteiger partial charge in [0.05, 0.1) is 5.75 Å². The lowest BCUT2D eigenvalue weighted by Crippen LogP contribution is -2.37. The van der Waals surface area contributed by atoms with Crippen LogP contribution < -0.4 is 0 Å². The standard InChI is InChI=1S/C20H26N4OS/c1-4-12-23-19(17-10-11-17)21-22-20(23)26-14-18(25)24(15(2)3)13-16-8-6-5-7-9-16/h4-9,15,17H,1,10-14H2,2-3H3. The van der Waals surface area contributed by atoms with Crippen LogP contribution in [-0.4, -0.2) is 37.4 Å². The minimum atomic E-state index is 0.120. The average molecular weight is 371 g/mol. The number of amides is 1. The fraction of sp³-hybridized carbons (Fsp3) is 0.450. The molecule has 26 heavy (non-hydrogen) atoms. The van der Waals surface area contributed by atoms with Crippen molar-refractivity contribution in [2.24, 2.45) is 0 Å². The van der Waals surface area contributed by atoms with Gasteiger partial charge in [-0.15, -0.1) is 16.8 Å². The molecule has 1 amide bonds. The SMILES string of the molecule is C=CCn1c(SCC(=O)N(Cc2ccccc2)C(C)C)nnc1C1CC1. The highest BCUT2D eigenvalue weighted by Gasteiger charge is 2.30. The van der Waals surface area contributed by atoms with Gasteiger partial charge in [-0.1, -0.05) is 48.2 Å². The first-order valence-electron chi connectivity index (χ1n) is 9.10. The number of benzene rings is 1. The Kier molecular flexibility index (Phi) is 6.14. The van der Waals surface area contributed by atoms with E-state index in [2.05, 4.69) is 47.3 Å². The minimum Gasteiger partial charge on any atom is -0.335 e. The van der Waals surface area contributed by atoms with Crippen molar-refractivity contribution in [1.82, 2.24) is 19.7 Å². The number of rotatable bonds is 9. The molecule has 0 bridgehead atoms. The Labute approximate surface area is 159 Å². The fourth-order valence-electron chi connectivity index (χ4n) is 2.90. The molecule has 0 saturated heterocycles. The van der Waals surface area contributed by atoms with Crippen LogP contribution in [-0.2, 0) is 17.9 Å². The summed E-state index contributed by atoms with van der Waals surface area (Å²) in [5.74, 6) is 2.04. The normalized spacial score (nSPS) is 13.8. The molecule has 138 valence electrons. The van der Waals surface area contributed by atoms with Crippen LogP contribution in [0.4, 0.5) is 0 Å². The number of carbonyl (C=O) groups excluding carboxylic acids is 1. The van der Waals surface area contributed by atoms with E-state index in [9.17, 15) is 4.79 Å². The van der Waals surface area contributed by atoms with Gasteiger partial charge >= 0.3 is 0 Å². The summed E-state index contributed by atoms with van der Waals surface area (Å²) in [5.41, 5.74) is 1.14. The third-order valence-corrected chi connectivity index (χ3v) is 5.42. The van der Waals surface area contributed by atoms with Gasteiger partial charge in [0.15, 0.2) is 5.16 Å². The Balaban J connectivity index is 1.65. The Hall–Kier alpha value is -2.08. The third-order valence-electron chi connectivity index (χ3n) is 4.46. The molecule has 0 radical (unpaired) electrons. The molecule has 2 aromatic rings. The molecule has 1 aliphatic rings.